The lowest BCUT2D eigenvalue weighted by atomic mass is 9.93. The summed E-state index contributed by atoms with van der Waals surface area (Å²) in [6.45, 7) is 0.535. The first-order chi connectivity index (χ1) is 19.6. The van der Waals surface area contributed by atoms with Crippen LogP contribution in [0.3, 0.4) is 0 Å². The summed E-state index contributed by atoms with van der Waals surface area (Å²) < 4.78 is 40.4. The minimum absolute atomic E-state index is 0.0340. The number of carbonyl (C=O) groups excluding carboxylic acids is 2. The minimum atomic E-state index is -4.52. The van der Waals surface area contributed by atoms with Crippen molar-refractivity contribution in [2.45, 2.75) is 44.4 Å². The standard InChI is InChI=1S/C15H13ClF3N3O2.C12H16N4O/c16-12-4-9-3-8(1-2-23)14(24)22(7-15(17,18)19)6-11(9)10-5-20-21-13(10)12;1-15-7-4-9(5-8-15)16-10-3-2-6-13-11(10)14-12(16)17/h2,4-5,8H,1,3,6-7H2,(H,20,21);2-3,6,9H,4-5,7-8H2,1H3,(H,13,14,17). The van der Waals surface area contributed by atoms with E-state index in [0.717, 1.165) is 36.3 Å². The fourth-order valence-electron chi connectivity index (χ4n) is 5.66. The van der Waals surface area contributed by atoms with Crippen molar-refractivity contribution in [3.8, 4) is 0 Å². The molecular weight excluding hydrogens is 563 g/mol. The number of rotatable bonds is 4. The number of amides is 1. The highest BCUT2D eigenvalue weighted by molar-refractivity contribution is 6.35. The number of hydrogen-bond donors (Lipinski definition) is 2. The molecule has 0 saturated carbocycles. The van der Waals surface area contributed by atoms with E-state index < -0.39 is 24.5 Å². The Hall–Kier alpha value is -3.71. The van der Waals surface area contributed by atoms with E-state index in [4.69, 9.17) is 11.6 Å². The van der Waals surface area contributed by atoms with Gasteiger partial charge in [0.25, 0.3) is 0 Å². The summed E-state index contributed by atoms with van der Waals surface area (Å²) >= 11 is 6.17. The summed E-state index contributed by atoms with van der Waals surface area (Å²) in [6.07, 6.45) is 1.31. The number of carbonyl (C=O) groups is 2. The Morgan fingerprint density at radius 1 is 1.22 bits per heavy atom. The van der Waals surface area contributed by atoms with Gasteiger partial charge in [0, 0.05) is 36.5 Å². The van der Waals surface area contributed by atoms with Crippen molar-refractivity contribution in [3.05, 3.63) is 57.2 Å². The summed E-state index contributed by atoms with van der Waals surface area (Å²) in [7, 11) is 2.12. The van der Waals surface area contributed by atoms with Gasteiger partial charge in [0.2, 0.25) is 5.91 Å². The Morgan fingerprint density at radius 2 is 1.98 bits per heavy atom. The predicted octanol–water partition coefficient (Wildman–Crippen LogP) is 3.86. The van der Waals surface area contributed by atoms with Crippen LogP contribution in [-0.2, 0) is 22.6 Å². The lowest BCUT2D eigenvalue weighted by Gasteiger charge is -2.29. The summed E-state index contributed by atoms with van der Waals surface area (Å²) in [5, 5.41) is 7.55. The Morgan fingerprint density at radius 3 is 2.68 bits per heavy atom. The summed E-state index contributed by atoms with van der Waals surface area (Å²) in [5.74, 6) is -1.50. The number of alkyl halides is 3. The average molecular weight is 592 g/mol. The Balaban J connectivity index is 0.000000174. The lowest BCUT2D eigenvalue weighted by molar-refractivity contribution is -0.164. The van der Waals surface area contributed by atoms with Crippen LogP contribution in [0.4, 0.5) is 13.2 Å². The maximum absolute atomic E-state index is 12.9. The van der Waals surface area contributed by atoms with E-state index >= 15 is 0 Å². The second-order valence-corrected chi connectivity index (χ2v) is 10.9. The number of imidazole rings is 1. The number of H-pyrrole nitrogens is 2. The predicted molar refractivity (Wildman–Crippen MR) is 147 cm³/mol. The van der Waals surface area contributed by atoms with Gasteiger partial charge in [-0.05, 0) is 68.7 Å². The molecule has 218 valence electrons. The average Bonchev–Trinajstić information content (AvgIpc) is 3.52. The van der Waals surface area contributed by atoms with Crippen LogP contribution in [0.15, 0.2) is 35.4 Å². The third-order valence-electron chi connectivity index (χ3n) is 7.66. The molecule has 1 saturated heterocycles. The maximum Gasteiger partial charge on any atom is 0.406 e. The van der Waals surface area contributed by atoms with Crippen molar-refractivity contribution in [2.24, 2.45) is 5.92 Å². The first kappa shape index (κ1) is 28.8. The smallest absolute Gasteiger partial charge is 0.329 e. The van der Waals surface area contributed by atoms with E-state index in [0.29, 0.717) is 45.0 Å². The van der Waals surface area contributed by atoms with Crippen LogP contribution in [0, 0.1) is 5.92 Å². The lowest BCUT2D eigenvalue weighted by Crippen LogP contribution is -2.41. The van der Waals surface area contributed by atoms with Crippen molar-refractivity contribution in [2.75, 3.05) is 26.7 Å². The number of aldehydes is 1. The minimum Gasteiger partial charge on any atom is -0.329 e. The molecule has 6 rings (SSSR count). The molecule has 2 aliphatic rings. The zero-order chi connectivity index (χ0) is 29.3. The Kier molecular flexibility index (Phi) is 8.18. The number of benzene rings is 1. The quantitative estimate of drug-likeness (QED) is 0.348. The van der Waals surface area contributed by atoms with Gasteiger partial charge in [-0.1, -0.05) is 11.6 Å². The molecule has 1 unspecified atom stereocenters. The number of aromatic amines is 2. The number of fused-ring (bicyclic) bond motifs is 4. The molecule has 1 atom stereocenters. The highest BCUT2D eigenvalue weighted by Crippen LogP contribution is 2.34. The van der Waals surface area contributed by atoms with Crippen LogP contribution in [0.1, 0.15) is 36.4 Å². The molecule has 1 aromatic carbocycles. The molecule has 0 spiro atoms. The molecule has 0 bridgehead atoms. The molecule has 3 aromatic heterocycles. The number of hydrogen-bond acceptors (Lipinski definition) is 6. The molecule has 2 N–H and O–H groups in total. The number of pyridine rings is 1. The largest absolute Gasteiger partial charge is 0.406 e. The molecule has 5 heterocycles. The number of halogens is 4. The van der Waals surface area contributed by atoms with Gasteiger partial charge in [-0.2, -0.15) is 18.3 Å². The molecule has 0 radical (unpaired) electrons. The highest BCUT2D eigenvalue weighted by Gasteiger charge is 2.38. The number of nitrogens with zero attached hydrogens (tertiary/aromatic N) is 5. The van der Waals surface area contributed by atoms with E-state index in [1.165, 1.54) is 6.20 Å². The van der Waals surface area contributed by atoms with Gasteiger partial charge < -0.3 is 14.6 Å². The van der Waals surface area contributed by atoms with Crippen LogP contribution in [0.2, 0.25) is 5.02 Å². The normalized spacial score (nSPS) is 18.7. The van der Waals surface area contributed by atoms with Gasteiger partial charge in [-0.25, -0.2) is 9.78 Å². The number of likely N-dealkylation sites (tertiary alicyclic amines) is 1. The van der Waals surface area contributed by atoms with Gasteiger partial charge >= 0.3 is 11.9 Å². The molecule has 1 fully saturated rings. The first-order valence-corrected chi connectivity index (χ1v) is 13.6. The Labute approximate surface area is 237 Å². The van der Waals surface area contributed by atoms with Crippen molar-refractivity contribution >= 4 is 45.9 Å². The van der Waals surface area contributed by atoms with Crippen LogP contribution in [-0.4, -0.2) is 79.6 Å². The third-order valence-corrected chi connectivity index (χ3v) is 7.96. The summed E-state index contributed by atoms with van der Waals surface area (Å²) in [5.41, 5.74) is 3.34. The molecule has 41 heavy (non-hydrogen) atoms. The van der Waals surface area contributed by atoms with Crippen LogP contribution < -0.4 is 5.69 Å². The summed E-state index contributed by atoms with van der Waals surface area (Å²) in [6, 6.07) is 5.76. The van der Waals surface area contributed by atoms with Crippen molar-refractivity contribution in [3.63, 3.8) is 0 Å². The second-order valence-electron chi connectivity index (χ2n) is 10.5. The fraction of sp³-hybridized carbons (Fsp3) is 0.444. The second kappa shape index (κ2) is 11.6. The number of aromatic nitrogens is 5. The van der Waals surface area contributed by atoms with E-state index in [-0.39, 0.29) is 25.1 Å². The van der Waals surface area contributed by atoms with Crippen molar-refractivity contribution in [1.82, 2.24) is 34.5 Å². The van der Waals surface area contributed by atoms with Crippen LogP contribution in [0.25, 0.3) is 22.1 Å². The molecular formula is C27H29ClF3N7O3. The molecule has 4 aromatic rings. The van der Waals surface area contributed by atoms with Crippen molar-refractivity contribution < 1.29 is 22.8 Å². The van der Waals surface area contributed by atoms with Gasteiger partial charge in [-0.3, -0.25) is 19.4 Å². The van der Waals surface area contributed by atoms with Gasteiger partial charge in [0.15, 0.2) is 5.65 Å². The van der Waals surface area contributed by atoms with E-state index in [1.807, 2.05) is 16.7 Å². The van der Waals surface area contributed by atoms with E-state index in [1.54, 1.807) is 12.3 Å². The topological polar surface area (TPSA) is 120 Å². The third kappa shape index (κ3) is 6.15. The van der Waals surface area contributed by atoms with Gasteiger partial charge in [-0.15, -0.1) is 0 Å². The van der Waals surface area contributed by atoms with E-state index in [2.05, 4.69) is 32.1 Å². The maximum atomic E-state index is 12.9. The SMILES string of the molecule is CN1CCC(n2c(=O)[nH]c3ncccc32)CC1.O=CCC1Cc2cc(Cl)c3[nH]ncc3c2CN(CC(F)(F)F)C1=O. The van der Waals surface area contributed by atoms with Gasteiger partial charge in [0.1, 0.15) is 12.8 Å². The number of piperidine rings is 1. The zero-order valence-electron chi connectivity index (χ0n) is 22.2. The van der Waals surface area contributed by atoms with Crippen LogP contribution in [0.5, 0.6) is 0 Å². The fourth-order valence-corrected chi connectivity index (χ4v) is 5.93. The molecule has 2 aliphatic heterocycles. The number of nitrogens with one attached hydrogen (secondary N) is 2. The van der Waals surface area contributed by atoms with Crippen molar-refractivity contribution in [1.29, 1.82) is 0 Å². The van der Waals surface area contributed by atoms with Gasteiger partial charge in [0.05, 0.1) is 22.3 Å². The highest BCUT2D eigenvalue weighted by atomic mass is 35.5. The van der Waals surface area contributed by atoms with E-state index in [9.17, 15) is 27.6 Å². The molecule has 14 heteroatoms. The van der Waals surface area contributed by atoms with Crippen LogP contribution >= 0.6 is 11.6 Å². The molecule has 1 amide bonds. The monoisotopic (exact) mass is 591 g/mol. The zero-order valence-corrected chi connectivity index (χ0v) is 23.0. The summed E-state index contributed by atoms with van der Waals surface area (Å²) in [4.78, 5) is 45.3. The molecule has 10 nitrogen and oxygen atoms in total. The molecule has 0 aliphatic carbocycles. The first-order valence-electron chi connectivity index (χ1n) is 13.2. The Bertz CT molecular complexity index is 1620.